The Balaban J connectivity index is 2.80. The number of hydrogen-bond donors (Lipinski definition) is 0. The van der Waals surface area contributed by atoms with Crippen molar-refractivity contribution in [1.29, 1.82) is 5.26 Å². The lowest BCUT2D eigenvalue weighted by atomic mass is 10.1. The van der Waals surface area contributed by atoms with Crippen LogP contribution >= 0.6 is 0 Å². The molecule has 0 radical (unpaired) electrons. The molecule has 0 spiro atoms. The van der Waals surface area contributed by atoms with Crippen molar-refractivity contribution >= 4 is 0 Å². The van der Waals surface area contributed by atoms with Gasteiger partial charge in [-0.1, -0.05) is 6.07 Å². The van der Waals surface area contributed by atoms with Crippen LogP contribution in [0.1, 0.15) is 11.3 Å². The fraction of sp³-hybridized carbons (Fsp3) is 0.400. The zero-order chi connectivity index (χ0) is 10.4. The third-order valence-electron chi connectivity index (χ3n) is 1.91. The standard InChI is InChI=1S/C10H12N2O2/c1-13-10(14-2)6-8-4-3-5-12-9(8)7-11/h3-5,10H,6H2,1-2H3. The molecular formula is C10H12N2O2. The first-order chi connectivity index (χ1) is 6.81. The predicted octanol–water partition coefficient (Wildman–Crippen LogP) is 1.11. The molecule has 0 bridgehead atoms. The van der Waals surface area contributed by atoms with E-state index in [4.69, 9.17) is 14.7 Å². The molecule has 74 valence electrons. The number of aromatic nitrogens is 1. The Labute approximate surface area is 83.1 Å². The van der Waals surface area contributed by atoms with Gasteiger partial charge in [0.1, 0.15) is 11.8 Å². The van der Waals surface area contributed by atoms with E-state index in [9.17, 15) is 0 Å². The Morgan fingerprint density at radius 2 is 2.21 bits per heavy atom. The van der Waals surface area contributed by atoms with Crippen molar-refractivity contribution in [2.24, 2.45) is 0 Å². The van der Waals surface area contributed by atoms with Gasteiger partial charge in [-0.25, -0.2) is 4.98 Å². The summed E-state index contributed by atoms with van der Waals surface area (Å²) in [5, 5.41) is 8.78. The third kappa shape index (κ3) is 2.52. The van der Waals surface area contributed by atoms with Crippen molar-refractivity contribution in [3.05, 3.63) is 29.6 Å². The van der Waals surface area contributed by atoms with Crippen LogP contribution in [0.15, 0.2) is 18.3 Å². The van der Waals surface area contributed by atoms with Gasteiger partial charge in [-0.2, -0.15) is 5.26 Å². The van der Waals surface area contributed by atoms with Gasteiger partial charge in [-0.05, 0) is 11.6 Å². The number of nitrogens with zero attached hydrogens (tertiary/aromatic N) is 2. The molecule has 0 unspecified atom stereocenters. The monoisotopic (exact) mass is 192 g/mol. The molecule has 4 heteroatoms. The molecule has 4 nitrogen and oxygen atoms in total. The summed E-state index contributed by atoms with van der Waals surface area (Å²) in [6.45, 7) is 0. The smallest absolute Gasteiger partial charge is 0.160 e. The van der Waals surface area contributed by atoms with Gasteiger partial charge in [0, 0.05) is 26.8 Å². The fourth-order valence-corrected chi connectivity index (χ4v) is 1.15. The second kappa shape index (κ2) is 5.32. The minimum Gasteiger partial charge on any atom is -0.356 e. The molecule has 0 amide bonds. The molecule has 1 aromatic rings. The van der Waals surface area contributed by atoms with Crippen molar-refractivity contribution < 1.29 is 9.47 Å². The first-order valence-corrected chi connectivity index (χ1v) is 4.21. The van der Waals surface area contributed by atoms with E-state index < -0.39 is 0 Å². The quantitative estimate of drug-likeness (QED) is 0.671. The van der Waals surface area contributed by atoms with E-state index in [2.05, 4.69) is 4.98 Å². The second-order valence-corrected chi connectivity index (χ2v) is 2.73. The first kappa shape index (κ1) is 10.6. The summed E-state index contributed by atoms with van der Waals surface area (Å²) in [4.78, 5) is 3.95. The number of ether oxygens (including phenoxy) is 2. The zero-order valence-corrected chi connectivity index (χ0v) is 8.23. The molecule has 0 aliphatic carbocycles. The van der Waals surface area contributed by atoms with E-state index in [1.807, 2.05) is 12.1 Å². The Morgan fingerprint density at radius 1 is 1.50 bits per heavy atom. The van der Waals surface area contributed by atoms with Gasteiger partial charge in [-0.3, -0.25) is 0 Å². The lowest BCUT2D eigenvalue weighted by Crippen LogP contribution is -2.17. The Bertz CT molecular complexity index is 329. The van der Waals surface area contributed by atoms with Crippen molar-refractivity contribution in [1.82, 2.24) is 4.98 Å². The summed E-state index contributed by atoms with van der Waals surface area (Å²) < 4.78 is 10.1. The van der Waals surface area contributed by atoms with Gasteiger partial charge in [0.25, 0.3) is 0 Å². The van der Waals surface area contributed by atoms with E-state index in [0.717, 1.165) is 5.56 Å². The lowest BCUT2D eigenvalue weighted by molar-refractivity contribution is -0.100. The van der Waals surface area contributed by atoms with Crippen LogP contribution in [0.25, 0.3) is 0 Å². The normalized spacial score (nSPS) is 10.1. The summed E-state index contributed by atoms with van der Waals surface area (Å²) in [6.07, 6.45) is 1.80. The van der Waals surface area contributed by atoms with Gasteiger partial charge < -0.3 is 9.47 Å². The summed E-state index contributed by atoms with van der Waals surface area (Å²) >= 11 is 0. The highest BCUT2D eigenvalue weighted by Crippen LogP contribution is 2.09. The average molecular weight is 192 g/mol. The minimum atomic E-state index is -0.328. The third-order valence-corrected chi connectivity index (χ3v) is 1.91. The van der Waals surface area contributed by atoms with Crippen molar-refractivity contribution in [3.63, 3.8) is 0 Å². The molecule has 0 atom stereocenters. The largest absolute Gasteiger partial charge is 0.356 e. The molecule has 1 aromatic heterocycles. The van der Waals surface area contributed by atoms with E-state index >= 15 is 0 Å². The Hall–Kier alpha value is -1.44. The Kier molecular flexibility index (Phi) is 4.05. The average Bonchev–Trinajstić information content (AvgIpc) is 2.26. The maximum absolute atomic E-state index is 8.78. The summed E-state index contributed by atoms with van der Waals surface area (Å²) in [5.41, 5.74) is 1.26. The molecule has 0 N–H and O–H groups in total. The van der Waals surface area contributed by atoms with Crippen LogP contribution < -0.4 is 0 Å². The number of nitriles is 1. The molecule has 0 aliphatic heterocycles. The zero-order valence-electron chi connectivity index (χ0n) is 8.23. The summed E-state index contributed by atoms with van der Waals surface area (Å²) in [6, 6.07) is 5.66. The first-order valence-electron chi connectivity index (χ1n) is 4.21. The maximum atomic E-state index is 8.78. The van der Waals surface area contributed by atoms with Gasteiger partial charge >= 0.3 is 0 Å². The topological polar surface area (TPSA) is 55.1 Å². The number of methoxy groups -OCH3 is 2. The molecule has 0 saturated carbocycles. The van der Waals surface area contributed by atoms with Crippen LogP contribution in [-0.4, -0.2) is 25.5 Å². The van der Waals surface area contributed by atoms with Crippen LogP contribution in [0, 0.1) is 11.3 Å². The predicted molar refractivity (Wildman–Crippen MR) is 50.5 cm³/mol. The van der Waals surface area contributed by atoms with Crippen LogP contribution in [0.5, 0.6) is 0 Å². The van der Waals surface area contributed by atoms with Crippen molar-refractivity contribution in [3.8, 4) is 6.07 Å². The van der Waals surface area contributed by atoms with Crippen LogP contribution in [0.3, 0.4) is 0 Å². The Morgan fingerprint density at radius 3 is 2.79 bits per heavy atom. The van der Waals surface area contributed by atoms with Crippen LogP contribution in [0.2, 0.25) is 0 Å². The van der Waals surface area contributed by atoms with Crippen molar-refractivity contribution in [2.45, 2.75) is 12.7 Å². The van der Waals surface area contributed by atoms with E-state index in [0.29, 0.717) is 12.1 Å². The highest BCUT2D eigenvalue weighted by Gasteiger charge is 2.10. The number of hydrogen-bond acceptors (Lipinski definition) is 4. The summed E-state index contributed by atoms with van der Waals surface area (Å²) in [7, 11) is 3.13. The molecule has 0 aromatic carbocycles. The molecular weight excluding hydrogens is 180 g/mol. The van der Waals surface area contributed by atoms with Gasteiger partial charge in [0.15, 0.2) is 6.29 Å². The van der Waals surface area contributed by atoms with Crippen molar-refractivity contribution in [2.75, 3.05) is 14.2 Å². The molecule has 0 aliphatic rings. The van der Waals surface area contributed by atoms with E-state index in [1.165, 1.54) is 0 Å². The molecule has 0 fully saturated rings. The number of pyridine rings is 1. The van der Waals surface area contributed by atoms with Gasteiger partial charge in [0.05, 0.1) is 0 Å². The number of rotatable bonds is 4. The van der Waals surface area contributed by atoms with E-state index in [1.54, 1.807) is 26.5 Å². The minimum absolute atomic E-state index is 0.328. The SMILES string of the molecule is COC(Cc1cccnc1C#N)OC. The second-order valence-electron chi connectivity index (χ2n) is 2.73. The molecule has 0 saturated heterocycles. The maximum Gasteiger partial charge on any atom is 0.160 e. The molecule has 14 heavy (non-hydrogen) atoms. The molecule has 1 rings (SSSR count). The van der Waals surface area contributed by atoms with Gasteiger partial charge in [0.2, 0.25) is 0 Å². The highest BCUT2D eigenvalue weighted by molar-refractivity contribution is 5.30. The highest BCUT2D eigenvalue weighted by atomic mass is 16.7. The molecule has 1 heterocycles. The van der Waals surface area contributed by atoms with Crippen LogP contribution in [-0.2, 0) is 15.9 Å². The van der Waals surface area contributed by atoms with E-state index in [-0.39, 0.29) is 6.29 Å². The fourth-order valence-electron chi connectivity index (χ4n) is 1.15. The van der Waals surface area contributed by atoms with Gasteiger partial charge in [-0.15, -0.1) is 0 Å². The summed E-state index contributed by atoms with van der Waals surface area (Å²) in [5.74, 6) is 0. The van der Waals surface area contributed by atoms with Crippen LogP contribution in [0.4, 0.5) is 0 Å². The lowest BCUT2D eigenvalue weighted by Gasteiger charge is -2.13.